The van der Waals surface area contributed by atoms with Crippen molar-refractivity contribution >= 4 is 38.1 Å². The molecule has 1 unspecified atom stereocenters. The van der Waals surface area contributed by atoms with Crippen LogP contribution in [0.4, 0.5) is 5.69 Å². The molecule has 8 nitrogen and oxygen atoms in total. The van der Waals surface area contributed by atoms with E-state index >= 15 is 0 Å². The zero-order chi connectivity index (χ0) is 17.8. The Kier molecular flexibility index (Phi) is 7.94. The van der Waals surface area contributed by atoms with Crippen LogP contribution in [0.2, 0.25) is 0 Å². The van der Waals surface area contributed by atoms with E-state index in [-0.39, 0.29) is 34.8 Å². The van der Waals surface area contributed by atoms with Crippen LogP contribution in [0.1, 0.15) is 19.8 Å². The lowest BCUT2D eigenvalue weighted by Crippen LogP contribution is -2.45. The van der Waals surface area contributed by atoms with E-state index in [0.717, 1.165) is 19.4 Å². The monoisotopic (exact) mass is 413 g/mol. The summed E-state index contributed by atoms with van der Waals surface area (Å²) in [6.07, 6.45) is 1.61. The van der Waals surface area contributed by atoms with Gasteiger partial charge in [0, 0.05) is 18.7 Å². The Morgan fingerprint density at radius 2 is 2.00 bits per heavy atom. The maximum Gasteiger partial charge on any atom is 0.242 e. The first kappa shape index (κ1) is 22.0. The van der Waals surface area contributed by atoms with Gasteiger partial charge in [0.2, 0.25) is 20.0 Å². The molecule has 144 valence electrons. The van der Waals surface area contributed by atoms with Gasteiger partial charge in [0.05, 0.1) is 18.6 Å². The molecule has 1 heterocycles. The fourth-order valence-electron chi connectivity index (χ4n) is 2.43. The van der Waals surface area contributed by atoms with E-state index in [1.54, 1.807) is 0 Å². The Balaban J connectivity index is 0.00000312. The van der Waals surface area contributed by atoms with Gasteiger partial charge < -0.3 is 10.1 Å². The molecule has 1 saturated heterocycles. The lowest BCUT2D eigenvalue weighted by molar-refractivity contribution is 0.414. The highest BCUT2D eigenvalue weighted by atomic mass is 35.5. The second kappa shape index (κ2) is 9.04. The smallest absolute Gasteiger partial charge is 0.242 e. The number of hydrogen-bond acceptors (Lipinski definition) is 6. The minimum Gasteiger partial charge on any atom is -0.497 e. The van der Waals surface area contributed by atoms with Crippen molar-refractivity contribution < 1.29 is 21.6 Å². The van der Waals surface area contributed by atoms with Crippen molar-refractivity contribution in [3.05, 3.63) is 18.2 Å². The summed E-state index contributed by atoms with van der Waals surface area (Å²) in [4.78, 5) is -0.120. The Hall–Kier alpha value is -1.07. The van der Waals surface area contributed by atoms with E-state index in [0.29, 0.717) is 12.3 Å². The molecule has 0 radical (unpaired) electrons. The summed E-state index contributed by atoms with van der Waals surface area (Å²) in [5, 5.41) is 3.13. The van der Waals surface area contributed by atoms with Crippen LogP contribution in [0.15, 0.2) is 23.1 Å². The second-order valence-electron chi connectivity index (χ2n) is 5.53. The number of piperidine rings is 1. The predicted octanol–water partition coefficient (Wildman–Crippen LogP) is 0.909. The van der Waals surface area contributed by atoms with Crippen LogP contribution in [0.25, 0.3) is 0 Å². The summed E-state index contributed by atoms with van der Waals surface area (Å²) in [6, 6.07) is 3.96. The van der Waals surface area contributed by atoms with Gasteiger partial charge in [-0.2, -0.15) is 0 Å². The number of ether oxygens (including phenoxy) is 1. The molecular weight excluding hydrogens is 390 g/mol. The molecular formula is C14H24ClN3O5S2. The molecule has 3 N–H and O–H groups in total. The Morgan fingerprint density at radius 1 is 1.28 bits per heavy atom. The van der Waals surface area contributed by atoms with Crippen molar-refractivity contribution in [1.29, 1.82) is 0 Å². The third-order valence-electron chi connectivity index (χ3n) is 3.74. The van der Waals surface area contributed by atoms with Gasteiger partial charge in [-0.25, -0.2) is 21.6 Å². The van der Waals surface area contributed by atoms with E-state index < -0.39 is 20.0 Å². The van der Waals surface area contributed by atoms with E-state index in [4.69, 9.17) is 4.74 Å². The fraction of sp³-hybridized carbons (Fsp3) is 0.571. The summed E-state index contributed by atoms with van der Waals surface area (Å²) in [6.45, 7) is 2.89. The minimum atomic E-state index is -3.87. The molecule has 1 aliphatic heterocycles. The van der Waals surface area contributed by atoms with E-state index in [2.05, 4.69) is 14.8 Å². The lowest BCUT2D eigenvalue weighted by Gasteiger charge is -2.24. The maximum absolute atomic E-state index is 12.7. The quantitative estimate of drug-likeness (QED) is 0.612. The Morgan fingerprint density at radius 3 is 2.56 bits per heavy atom. The van der Waals surface area contributed by atoms with Crippen LogP contribution in [0.5, 0.6) is 5.75 Å². The average Bonchev–Trinajstić information content (AvgIpc) is 2.54. The van der Waals surface area contributed by atoms with Crippen molar-refractivity contribution in [3.8, 4) is 5.75 Å². The lowest BCUT2D eigenvalue weighted by atomic mass is 10.1. The molecule has 1 atom stereocenters. The average molecular weight is 414 g/mol. The zero-order valence-corrected chi connectivity index (χ0v) is 16.6. The van der Waals surface area contributed by atoms with Crippen molar-refractivity contribution in [3.63, 3.8) is 0 Å². The van der Waals surface area contributed by atoms with Crippen molar-refractivity contribution in [2.24, 2.45) is 0 Å². The van der Waals surface area contributed by atoms with Gasteiger partial charge in [-0.3, -0.25) is 4.72 Å². The minimum absolute atomic E-state index is 0. The Labute approximate surface area is 155 Å². The number of methoxy groups -OCH3 is 1. The van der Waals surface area contributed by atoms with E-state index in [1.807, 2.05) is 0 Å². The van der Waals surface area contributed by atoms with Gasteiger partial charge >= 0.3 is 0 Å². The largest absolute Gasteiger partial charge is 0.497 e. The third-order valence-corrected chi connectivity index (χ3v) is 6.61. The maximum atomic E-state index is 12.7. The molecule has 0 bridgehead atoms. The van der Waals surface area contributed by atoms with Gasteiger partial charge in [0.1, 0.15) is 10.6 Å². The molecule has 1 aromatic rings. The summed E-state index contributed by atoms with van der Waals surface area (Å²) in [5.41, 5.74) is -0.0209. The normalized spacial score (nSPS) is 18.2. The molecule has 1 aliphatic rings. The van der Waals surface area contributed by atoms with Gasteiger partial charge in [-0.05, 0) is 38.4 Å². The molecule has 0 aromatic heterocycles. The number of hydrogen-bond donors (Lipinski definition) is 3. The topological polar surface area (TPSA) is 114 Å². The molecule has 11 heteroatoms. The van der Waals surface area contributed by atoms with Gasteiger partial charge in [0.25, 0.3) is 0 Å². The van der Waals surface area contributed by atoms with E-state index in [1.165, 1.54) is 32.2 Å². The summed E-state index contributed by atoms with van der Waals surface area (Å²) >= 11 is 0. The van der Waals surface area contributed by atoms with Crippen molar-refractivity contribution in [2.45, 2.75) is 30.7 Å². The predicted molar refractivity (Wildman–Crippen MR) is 99.5 cm³/mol. The standard InChI is InChI=1S/C14H23N3O5S2.ClH/c1-3-23(18,19)17-13-9-12(22-2)6-7-14(13)24(20,21)16-11-5-4-8-15-10-11;/h6-7,9,11,15-17H,3-5,8,10H2,1-2H3;1H. The van der Waals surface area contributed by atoms with Crippen molar-refractivity contribution in [2.75, 3.05) is 30.7 Å². The SMILES string of the molecule is CCS(=O)(=O)Nc1cc(OC)ccc1S(=O)(=O)NC1CCCNC1.Cl. The van der Waals surface area contributed by atoms with E-state index in [9.17, 15) is 16.8 Å². The second-order valence-corrected chi connectivity index (χ2v) is 9.23. The molecule has 0 saturated carbocycles. The first-order valence-corrected chi connectivity index (χ1v) is 10.8. The Bertz CT molecular complexity index is 778. The number of nitrogens with one attached hydrogen (secondary N) is 3. The zero-order valence-electron chi connectivity index (χ0n) is 14.1. The van der Waals surface area contributed by atoms with Crippen LogP contribution in [0, 0.1) is 0 Å². The van der Waals surface area contributed by atoms with Crippen LogP contribution in [0.3, 0.4) is 0 Å². The summed E-state index contributed by atoms with van der Waals surface area (Å²) < 4.78 is 59.1. The summed E-state index contributed by atoms with van der Waals surface area (Å²) in [5.74, 6) is 0.200. The molecule has 0 aliphatic carbocycles. The molecule has 0 spiro atoms. The first-order chi connectivity index (χ1) is 11.3. The van der Waals surface area contributed by atoms with Crippen LogP contribution in [-0.4, -0.2) is 48.8 Å². The molecule has 1 aromatic carbocycles. The molecule has 0 amide bonds. The molecule has 25 heavy (non-hydrogen) atoms. The van der Waals surface area contributed by atoms with Crippen LogP contribution < -0.4 is 19.5 Å². The van der Waals surface area contributed by atoms with Crippen LogP contribution in [-0.2, 0) is 20.0 Å². The molecule has 1 fully saturated rings. The third kappa shape index (κ3) is 6.00. The van der Waals surface area contributed by atoms with Gasteiger partial charge in [-0.15, -0.1) is 12.4 Å². The summed E-state index contributed by atoms with van der Waals surface area (Å²) in [7, 11) is -6.07. The highest BCUT2D eigenvalue weighted by Gasteiger charge is 2.25. The fourth-order valence-corrected chi connectivity index (χ4v) is 4.55. The molecule has 2 rings (SSSR count). The van der Waals surface area contributed by atoms with Crippen molar-refractivity contribution in [1.82, 2.24) is 10.0 Å². The van der Waals surface area contributed by atoms with Gasteiger partial charge in [-0.1, -0.05) is 0 Å². The van der Waals surface area contributed by atoms with Gasteiger partial charge in [0.15, 0.2) is 0 Å². The number of sulfonamides is 2. The number of halogens is 1. The van der Waals surface area contributed by atoms with Crippen LogP contribution >= 0.6 is 12.4 Å². The number of benzene rings is 1. The highest BCUT2D eigenvalue weighted by Crippen LogP contribution is 2.27. The first-order valence-electron chi connectivity index (χ1n) is 7.69. The number of rotatable bonds is 7. The number of anilines is 1. The highest BCUT2D eigenvalue weighted by molar-refractivity contribution is 7.93.